The van der Waals surface area contributed by atoms with E-state index in [9.17, 15) is 0 Å². The zero-order valence-corrected chi connectivity index (χ0v) is 12.7. The van der Waals surface area contributed by atoms with Crippen molar-refractivity contribution in [2.75, 3.05) is 18.4 Å². The van der Waals surface area contributed by atoms with Gasteiger partial charge in [0.2, 0.25) is 5.95 Å². The van der Waals surface area contributed by atoms with Crippen molar-refractivity contribution in [3.63, 3.8) is 0 Å². The minimum Gasteiger partial charge on any atom is -0.350 e. The second-order valence-electron chi connectivity index (χ2n) is 5.38. The molecule has 1 aliphatic rings. The van der Waals surface area contributed by atoms with E-state index in [1.807, 2.05) is 31.3 Å². The normalized spacial score (nSPS) is 18.9. The molecule has 0 bridgehead atoms. The number of pyridine rings is 1. The fourth-order valence-corrected chi connectivity index (χ4v) is 2.67. The first-order valence-corrected chi connectivity index (χ1v) is 7.46. The lowest BCUT2D eigenvalue weighted by atomic mass is 10.2. The Kier molecular flexibility index (Phi) is 4.31. The van der Waals surface area contributed by atoms with Gasteiger partial charge in [-0.15, -0.1) is 0 Å². The van der Waals surface area contributed by atoms with Crippen LogP contribution in [-0.2, 0) is 6.54 Å². The first-order chi connectivity index (χ1) is 10.2. The molecule has 1 saturated heterocycles. The Morgan fingerprint density at radius 3 is 3.00 bits per heavy atom. The predicted molar refractivity (Wildman–Crippen MR) is 83.3 cm³/mol. The van der Waals surface area contributed by atoms with Crippen molar-refractivity contribution in [2.24, 2.45) is 0 Å². The molecule has 2 aromatic heterocycles. The van der Waals surface area contributed by atoms with Gasteiger partial charge in [0.05, 0.1) is 0 Å². The maximum absolute atomic E-state index is 5.81. The van der Waals surface area contributed by atoms with Crippen LogP contribution < -0.4 is 5.32 Å². The van der Waals surface area contributed by atoms with Crippen LogP contribution >= 0.6 is 11.6 Å². The highest BCUT2D eigenvalue weighted by Gasteiger charge is 2.22. The molecular weight excluding hydrogens is 286 g/mol. The molecule has 21 heavy (non-hydrogen) atoms. The van der Waals surface area contributed by atoms with Gasteiger partial charge in [-0.05, 0) is 31.0 Å². The fraction of sp³-hybridized carbons (Fsp3) is 0.400. The Bertz CT molecular complexity index is 601. The van der Waals surface area contributed by atoms with Crippen LogP contribution in [0, 0.1) is 6.92 Å². The number of anilines is 1. The summed E-state index contributed by atoms with van der Waals surface area (Å²) >= 11 is 5.81. The zero-order chi connectivity index (χ0) is 14.7. The van der Waals surface area contributed by atoms with Gasteiger partial charge in [-0.25, -0.2) is 15.0 Å². The SMILES string of the molecule is Cc1ccnc(NC2CCN(Cc3ccc(Cl)nc3)C2)n1. The van der Waals surface area contributed by atoms with Crippen LogP contribution in [-0.4, -0.2) is 39.0 Å². The van der Waals surface area contributed by atoms with Crippen molar-refractivity contribution < 1.29 is 0 Å². The van der Waals surface area contributed by atoms with Gasteiger partial charge in [-0.2, -0.15) is 0 Å². The van der Waals surface area contributed by atoms with E-state index >= 15 is 0 Å². The molecule has 0 saturated carbocycles. The van der Waals surface area contributed by atoms with Gasteiger partial charge in [-0.1, -0.05) is 17.7 Å². The number of likely N-dealkylation sites (tertiary alicyclic amines) is 1. The summed E-state index contributed by atoms with van der Waals surface area (Å²) in [7, 11) is 0. The molecule has 0 aliphatic carbocycles. The van der Waals surface area contributed by atoms with E-state index in [2.05, 4.69) is 25.2 Å². The Morgan fingerprint density at radius 2 is 2.24 bits per heavy atom. The van der Waals surface area contributed by atoms with Gasteiger partial charge in [0.25, 0.3) is 0 Å². The largest absolute Gasteiger partial charge is 0.350 e. The monoisotopic (exact) mass is 303 g/mol. The Hall–Kier alpha value is -1.72. The third kappa shape index (κ3) is 3.89. The number of hydrogen-bond donors (Lipinski definition) is 1. The molecule has 6 heteroatoms. The maximum atomic E-state index is 5.81. The minimum atomic E-state index is 0.395. The standard InChI is InChI=1S/C15H18ClN5/c1-11-4-6-17-15(19-11)20-13-5-7-21(10-13)9-12-2-3-14(16)18-8-12/h2-4,6,8,13H,5,7,9-10H2,1H3,(H,17,19,20). The molecule has 2 aromatic rings. The molecule has 3 heterocycles. The van der Waals surface area contributed by atoms with E-state index in [0.717, 1.165) is 37.7 Å². The second kappa shape index (κ2) is 6.37. The average molecular weight is 304 g/mol. The Morgan fingerprint density at radius 1 is 1.33 bits per heavy atom. The summed E-state index contributed by atoms with van der Waals surface area (Å²) in [4.78, 5) is 15.2. The highest BCUT2D eigenvalue weighted by Crippen LogP contribution is 2.16. The van der Waals surface area contributed by atoms with Crippen molar-refractivity contribution in [3.8, 4) is 0 Å². The summed E-state index contributed by atoms with van der Waals surface area (Å²) in [5, 5.41) is 3.94. The molecule has 3 rings (SSSR count). The molecule has 0 amide bonds. The quantitative estimate of drug-likeness (QED) is 0.880. The van der Waals surface area contributed by atoms with Crippen LogP contribution in [0.2, 0.25) is 5.15 Å². The van der Waals surface area contributed by atoms with Crippen molar-refractivity contribution in [1.82, 2.24) is 19.9 Å². The lowest BCUT2D eigenvalue weighted by molar-refractivity contribution is 0.328. The van der Waals surface area contributed by atoms with E-state index in [4.69, 9.17) is 11.6 Å². The van der Waals surface area contributed by atoms with Crippen molar-refractivity contribution in [2.45, 2.75) is 25.9 Å². The molecule has 0 radical (unpaired) electrons. The van der Waals surface area contributed by atoms with Crippen molar-refractivity contribution >= 4 is 17.5 Å². The molecule has 1 aliphatic heterocycles. The average Bonchev–Trinajstić information content (AvgIpc) is 2.89. The summed E-state index contributed by atoms with van der Waals surface area (Å²) < 4.78 is 0. The fourth-order valence-electron chi connectivity index (χ4n) is 2.55. The topological polar surface area (TPSA) is 53.9 Å². The third-order valence-electron chi connectivity index (χ3n) is 3.60. The number of aryl methyl sites for hydroxylation is 1. The lowest BCUT2D eigenvalue weighted by Crippen LogP contribution is -2.26. The smallest absolute Gasteiger partial charge is 0.223 e. The molecule has 0 aromatic carbocycles. The Balaban J connectivity index is 1.54. The minimum absolute atomic E-state index is 0.395. The van der Waals surface area contributed by atoms with E-state index in [1.54, 1.807) is 6.20 Å². The van der Waals surface area contributed by atoms with Crippen LogP contribution in [0.15, 0.2) is 30.6 Å². The van der Waals surface area contributed by atoms with E-state index in [0.29, 0.717) is 11.2 Å². The lowest BCUT2D eigenvalue weighted by Gasteiger charge is -2.16. The summed E-state index contributed by atoms with van der Waals surface area (Å²) in [6, 6.07) is 6.16. The predicted octanol–water partition coefficient (Wildman–Crippen LogP) is 2.52. The third-order valence-corrected chi connectivity index (χ3v) is 3.82. The molecule has 1 fully saturated rings. The first-order valence-electron chi connectivity index (χ1n) is 7.08. The van der Waals surface area contributed by atoms with Crippen LogP contribution in [0.1, 0.15) is 17.7 Å². The van der Waals surface area contributed by atoms with Gasteiger partial charge in [-0.3, -0.25) is 4.90 Å². The molecule has 110 valence electrons. The summed E-state index contributed by atoms with van der Waals surface area (Å²) in [5.41, 5.74) is 2.17. The van der Waals surface area contributed by atoms with Crippen LogP contribution in [0.5, 0.6) is 0 Å². The van der Waals surface area contributed by atoms with Gasteiger partial charge < -0.3 is 5.32 Å². The second-order valence-corrected chi connectivity index (χ2v) is 5.76. The number of rotatable bonds is 4. The summed E-state index contributed by atoms with van der Waals surface area (Å²) in [5.74, 6) is 0.718. The molecule has 1 N–H and O–H groups in total. The van der Waals surface area contributed by atoms with E-state index in [1.165, 1.54) is 5.56 Å². The number of aromatic nitrogens is 3. The van der Waals surface area contributed by atoms with Crippen LogP contribution in [0.3, 0.4) is 0 Å². The van der Waals surface area contributed by atoms with E-state index < -0.39 is 0 Å². The first kappa shape index (κ1) is 14.2. The summed E-state index contributed by atoms with van der Waals surface area (Å²) in [6.07, 6.45) is 4.72. The zero-order valence-electron chi connectivity index (χ0n) is 12.0. The maximum Gasteiger partial charge on any atom is 0.223 e. The molecular formula is C15H18ClN5. The number of halogens is 1. The van der Waals surface area contributed by atoms with Crippen LogP contribution in [0.4, 0.5) is 5.95 Å². The molecule has 0 spiro atoms. The number of nitrogens with zero attached hydrogens (tertiary/aromatic N) is 4. The highest BCUT2D eigenvalue weighted by atomic mass is 35.5. The van der Waals surface area contributed by atoms with Crippen molar-refractivity contribution in [1.29, 1.82) is 0 Å². The van der Waals surface area contributed by atoms with Gasteiger partial charge in [0.1, 0.15) is 5.15 Å². The summed E-state index contributed by atoms with van der Waals surface area (Å²) in [6.45, 7) is 4.92. The highest BCUT2D eigenvalue weighted by molar-refractivity contribution is 6.29. The Labute approximate surface area is 129 Å². The van der Waals surface area contributed by atoms with Gasteiger partial charge in [0.15, 0.2) is 0 Å². The molecule has 1 atom stereocenters. The number of nitrogens with one attached hydrogen (secondary N) is 1. The number of hydrogen-bond acceptors (Lipinski definition) is 5. The van der Waals surface area contributed by atoms with E-state index in [-0.39, 0.29) is 0 Å². The van der Waals surface area contributed by atoms with Gasteiger partial charge in [0, 0.05) is 43.8 Å². The van der Waals surface area contributed by atoms with Gasteiger partial charge >= 0.3 is 0 Å². The molecule has 1 unspecified atom stereocenters. The molecule has 5 nitrogen and oxygen atoms in total. The van der Waals surface area contributed by atoms with Crippen LogP contribution in [0.25, 0.3) is 0 Å². The van der Waals surface area contributed by atoms with Crippen molar-refractivity contribution in [3.05, 3.63) is 47.0 Å².